The number of hydrogen-bond acceptors (Lipinski definition) is 4. The predicted octanol–water partition coefficient (Wildman–Crippen LogP) is 2.95. The molecule has 0 heterocycles. The Morgan fingerprint density at radius 1 is 1.44 bits per heavy atom. The van der Waals surface area contributed by atoms with Crippen molar-refractivity contribution < 1.29 is 14.4 Å². The maximum atomic E-state index is 10.9. The van der Waals surface area contributed by atoms with Crippen molar-refractivity contribution in [2.24, 2.45) is 0 Å². The van der Waals surface area contributed by atoms with Crippen molar-refractivity contribution in [1.82, 2.24) is 0 Å². The number of methoxy groups -OCH3 is 2. The van der Waals surface area contributed by atoms with Crippen molar-refractivity contribution in [2.75, 3.05) is 20.8 Å². The first-order chi connectivity index (χ1) is 8.58. The fourth-order valence-corrected chi connectivity index (χ4v) is 2.11. The number of nitro benzene ring substituents is 1. The van der Waals surface area contributed by atoms with Gasteiger partial charge in [-0.05, 0) is 24.5 Å². The molecule has 1 unspecified atom stereocenters. The van der Waals surface area contributed by atoms with Gasteiger partial charge in [0.05, 0.1) is 18.6 Å². The monoisotopic (exact) mass is 317 g/mol. The Kier molecular flexibility index (Phi) is 6.07. The summed E-state index contributed by atoms with van der Waals surface area (Å²) in [5, 5.41) is 10.9. The fraction of sp³-hybridized carbons (Fsp3) is 0.500. The molecular formula is C12H16BrNO4. The van der Waals surface area contributed by atoms with Gasteiger partial charge >= 0.3 is 5.69 Å². The van der Waals surface area contributed by atoms with Gasteiger partial charge in [-0.15, -0.1) is 0 Å². The van der Waals surface area contributed by atoms with Crippen LogP contribution in [0.5, 0.6) is 5.75 Å². The number of aryl methyl sites for hydroxylation is 1. The average Bonchev–Trinajstić information content (AvgIpc) is 2.36. The van der Waals surface area contributed by atoms with E-state index in [2.05, 4.69) is 15.9 Å². The Morgan fingerprint density at radius 3 is 2.72 bits per heavy atom. The summed E-state index contributed by atoms with van der Waals surface area (Å²) in [6.07, 6.45) is 1.61. The van der Waals surface area contributed by atoms with Crippen LogP contribution in [-0.4, -0.2) is 30.6 Å². The number of ether oxygens (including phenoxy) is 2. The van der Waals surface area contributed by atoms with Crippen LogP contribution >= 0.6 is 15.9 Å². The van der Waals surface area contributed by atoms with Crippen LogP contribution < -0.4 is 4.74 Å². The highest BCUT2D eigenvalue weighted by Crippen LogP contribution is 2.28. The molecule has 1 aromatic carbocycles. The highest BCUT2D eigenvalue weighted by Gasteiger charge is 2.15. The van der Waals surface area contributed by atoms with Gasteiger partial charge in [0.25, 0.3) is 0 Å². The van der Waals surface area contributed by atoms with Crippen LogP contribution in [-0.2, 0) is 11.2 Å². The lowest BCUT2D eigenvalue weighted by Gasteiger charge is -2.09. The molecule has 6 heteroatoms. The summed E-state index contributed by atoms with van der Waals surface area (Å²) in [6.45, 7) is 0.623. The summed E-state index contributed by atoms with van der Waals surface area (Å²) in [7, 11) is 3.07. The van der Waals surface area contributed by atoms with Crippen LogP contribution in [0, 0.1) is 10.1 Å². The topological polar surface area (TPSA) is 61.6 Å². The van der Waals surface area contributed by atoms with Gasteiger partial charge in [-0.2, -0.15) is 0 Å². The Hall–Kier alpha value is -1.14. The standard InChI is InChI=1S/C12H16BrNO4/c1-17-8-10(13)5-3-9-4-6-12(18-2)11(7-9)14(15)16/h4,6-7,10H,3,5,8H2,1-2H3. The molecule has 0 aliphatic carbocycles. The molecule has 0 aliphatic heterocycles. The smallest absolute Gasteiger partial charge is 0.311 e. The van der Waals surface area contributed by atoms with Gasteiger partial charge in [0.1, 0.15) is 0 Å². The van der Waals surface area contributed by atoms with Gasteiger partial charge in [-0.25, -0.2) is 0 Å². The van der Waals surface area contributed by atoms with Gasteiger partial charge in [0, 0.05) is 18.0 Å². The zero-order chi connectivity index (χ0) is 13.5. The van der Waals surface area contributed by atoms with Crippen LogP contribution in [0.25, 0.3) is 0 Å². The quantitative estimate of drug-likeness (QED) is 0.440. The SMILES string of the molecule is COCC(Br)CCc1ccc(OC)c([N+](=O)[O-])c1. The van der Waals surface area contributed by atoms with Crippen molar-refractivity contribution in [1.29, 1.82) is 0 Å². The van der Waals surface area contributed by atoms with Crippen molar-refractivity contribution in [3.63, 3.8) is 0 Å². The molecule has 100 valence electrons. The lowest BCUT2D eigenvalue weighted by atomic mass is 10.1. The van der Waals surface area contributed by atoms with Crippen LogP contribution in [0.2, 0.25) is 0 Å². The number of alkyl halides is 1. The van der Waals surface area contributed by atoms with Crippen LogP contribution in [0.1, 0.15) is 12.0 Å². The normalized spacial score (nSPS) is 12.2. The maximum absolute atomic E-state index is 10.9. The molecule has 0 bridgehead atoms. The summed E-state index contributed by atoms with van der Waals surface area (Å²) in [6, 6.07) is 5.04. The van der Waals surface area contributed by atoms with Gasteiger partial charge in [-0.3, -0.25) is 10.1 Å². The Labute approximate surface area is 114 Å². The van der Waals surface area contributed by atoms with E-state index in [0.717, 1.165) is 18.4 Å². The lowest BCUT2D eigenvalue weighted by molar-refractivity contribution is -0.385. The molecule has 0 aromatic heterocycles. The van der Waals surface area contributed by atoms with E-state index in [-0.39, 0.29) is 16.3 Å². The lowest BCUT2D eigenvalue weighted by Crippen LogP contribution is -2.07. The van der Waals surface area contributed by atoms with E-state index in [1.165, 1.54) is 7.11 Å². The molecule has 18 heavy (non-hydrogen) atoms. The molecule has 1 aromatic rings. The van der Waals surface area contributed by atoms with E-state index >= 15 is 0 Å². The Balaban J connectivity index is 2.73. The number of nitrogens with zero attached hydrogens (tertiary/aromatic N) is 1. The van der Waals surface area contributed by atoms with Gasteiger partial charge in [0.2, 0.25) is 0 Å². The van der Waals surface area contributed by atoms with E-state index in [1.807, 2.05) is 6.07 Å². The number of hydrogen-bond donors (Lipinski definition) is 0. The van der Waals surface area contributed by atoms with Crippen LogP contribution in [0.3, 0.4) is 0 Å². The molecule has 1 rings (SSSR count). The molecule has 0 spiro atoms. The molecule has 0 N–H and O–H groups in total. The first-order valence-corrected chi connectivity index (χ1v) is 6.44. The Morgan fingerprint density at radius 2 is 2.17 bits per heavy atom. The third-order valence-corrected chi connectivity index (χ3v) is 3.26. The number of benzene rings is 1. The summed E-state index contributed by atoms with van der Waals surface area (Å²) >= 11 is 3.49. The number of rotatable bonds is 7. The second-order valence-corrected chi connectivity index (χ2v) is 5.15. The zero-order valence-electron chi connectivity index (χ0n) is 10.4. The van der Waals surface area contributed by atoms with Crippen molar-refractivity contribution in [3.8, 4) is 5.75 Å². The third kappa shape index (κ3) is 4.27. The van der Waals surface area contributed by atoms with Crippen molar-refractivity contribution in [3.05, 3.63) is 33.9 Å². The summed E-state index contributed by atoms with van der Waals surface area (Å²) in [5.74, 6) is 0.288. The third-order valence-electron chi connectivity index (χ3n) is 2.53. The van der Waals surface area contributed by atoms with Gasteiger partial charge in [-0.1, -0.05) is 22.0 Å². The predicted molar refractivity (Wildman–Crippen MR) is 72.6 cm³/mol. The van der Waals surface area contributed by atoms with Gasteiger partial charge in [0.15, 0.2) is 5.75 Å². The molecular weight excluding hydrogens is 302 g/mol. The van der Waals surface area contributed by atoms with E-state index in [1.54, 1.807) is 19.2 Å². The average molecular weight is 318 g/mol. The van der Waals surface area contributed by atoms with E-state index in [0.29, 0.717) is 6.61 Å². The molecule has 1 atom stereocenters. The fourth-order valence-electron chi connectivity index (χ4n) is 1.62. The minimum Gasteiger partial charge on any atom is -0.490 e. The molecule has 0 aliphatic rings. The Bertz CT molecular complexity index is 411. The molecule has 0 saturated carbocycles. The second-order valence-electron chi connectivity index (χ2n) is 3.85. The summed E-state index contributed by atoms with van der Waals surface area (Å²) in [4.78, 5) is 10.7. The highest BCUT2D eigenvalue weighted by molar-refractivity contribution is 9.09. The van der Waals surface area contributed by atoms with Crippen molar-refractivity contribution >= 4 is 21.6 Å². The molecule has 0 amide bonds. The highest BCUT2D eigenvalue weighted by atomic mass is 79.9. The minimum absolute atomic E-state index is 0.00728. The van der Waals surface area contributed by atoms with Crippen molar-refractivity contribution in [2.45, 2.75) is 17.7 Å². The second kappa shape index (κ2) is 7.33. The zero-order valence-corrected chi connectivity index (χ0v) is 12.0. The van der Waals surface area contributed by atoms with E-state index in [4.69, 9.17) is 9.47 Å². The molecule has 0 fully saturated rings. The summed E-state index contributed by atoms with van der Waals surface area (Å²) < 4.78 is 9.97. The first-order valence-electron chi connectivity index (χ1n) is 5.52. The van der Waals surface area contributed by atoms with Crippen LogP contribution in [0.15, 0.2) is 18.2 Å². The number of nitro groups is 1. The van der Waals surface area contributed by atoms with E-state index in [9.17, 15) is 10.1 Å². The molecule has 0 saturated heterocycles. The maximum Gasteiger partial charge on any atom is 0.311 e. The first kappa shape index (κ1) is 14.9. The molecule has 0 radical (unpaired) electrons. The number of halogens is 1. The van der Waals surface area contributed by atoms with Crippen LogP contribution in [0.4, 0.5) is 5.69 Å². The van der Waals surface area contributed by atoms with Gasteiger partial charge < -0.3 is 9.47 Å². The largest absolute Gasteiger partial charge is 0.490 e. The molecule has 5 nitrogen and oxygen atoms in total. The minimum atomic E-state index is -0.427. The van der Waals surface area contributed by atoms with E-state index < -0.39 is 4.92 Å². The summed E-state index contributed by atoms with van der Waals surface area (Å²) in [5.41, 5.74) is 0.927.